The number of rotatable bonds is 3. The predicted molar refractivity (Wildman–Crippen MR) is 87.4 cm³/mol. The number of nitrogens with zero attached hydrogens (tertiary/aromatic N) is 2. The minimum absolute atomic E-state index is 0.0669. The van der Waals surface area contributed by atoms with Gasteiger partial charge in [-0.05, 0) is 18.2 Å². The van der Waals surface area contributed by atoms with Crippen molar-refractivity contribution in [1.82, 2.24) is 5.32 Å². The number of anilines is 2. The maximum atomic E-state index is 12.2. The summed E-state index contributed by atoms with van der Waals surface area (Å²) in [6.07, 6.45) is -0.955. The average molecular weight is 351 g/mol. The van der Waals surface area contributed by atoms with E-state index in [9.17, 15) is 18.6 Å². The Labute approximate surface area is 141 Å². The van der Waals surface area contributed by atoms with Crippen molar-refractivity contribution < 1.29 is 23.3 Å². The SMILES string of the molecule is CC(=O)NCC1CN(c2ccc3c(c2)S(=O)CC(=O)N3C)C(=O)O1. The monoisotopic (exact) mass is 351 g/mol. The molecular formula is C15H17N3O5S. The van der Waals surface area contributed by atoms with Crippen molar-refractivity contribution in [1.29, 1.82) is 0 Å². The maximum Gasteiger partial charge on any atom is 0.414 e. The molecule has 9 heteroatoms. The average Bonchev–Trinajstić information content (AvgIpc) is 2.91. The number of carbonyl (C=O) groups is 3. The van der Waals surface area contributed by atoms with E-state index in [2.05, 4.69) is 5.32 Å². The van der Waals surface area contributed by atoms with Gasteiger partial charge in [0.1, 0.15) is 11.9 Å². The first kappa shape index (κ1) is 16.4. The number of amides is 3. The highest BCUT2D eigenvalue weighted by molar-refractivity contribution is 7.86. The fraction of sp³-hybridized carbons (Fsp3) is 0.400. The summed E-state index contributed by atoms with van der Waals surface area (Å²) >= 11 is 0. The minimum atomic E-state index is -1.43. The normalized spacial score (nSPS) is 23.1. The van der Waals surface area contributed by atoms with Crippen molar-refractivity contribution in [2.75, 3.05) is 35.7 Å². The van der Waals surface area contributed by atoms with E-state index in [0.29, 0.717) is 22.8 Å². The molecule has 8 nitrogen and oxygen atoms in total. The first-order chi connectivity index (χ1) is 11.4. The molecule has 1 N–H and O–H groups in total. The van der Waals surface area contributed by atoms with Crippen LogP contribution in [0.3, 0.4) is 0 Å². The number of carbonyl (C=O) groups excluding carboxylic acids is 3. The lowest BCUT2D eigenvalue weighted by Gasteiger charge is -2.26. The second kappa shape index (κ2) is 6.23. The Hall–Kier alpha value is -2.42. The molecule has 1 aromatic rings. The van der Waals surface area contributed by atoms with E-state index in [1.165, 1.54) is 16.7 Å². The number of benzene rings is 1. The second-order valence-corrected chi connectivity index (χ2v) is 7.07. The smallest absolute Gasteiger partial charge is 0.414 e. The summed E-state index contributed by atoms with van der Waals surface area (Å²) in [6, 6.07) is 5.01. The summed E-state index contributed by atoms with van der Waals surface area (Å²) in [5, 5.41) is 2.61. The molecule has 1 fully saturated rings. The lowest BCUT2D eigenvalue weighted by molar-refractivity contribution is -0.119. The van der Waals surface area contributed by atoms with Crippen LogP contribution in [0.4, 0.5) is 16.2 Å². The highest BCUT2D eigenvalue weighted by Gasteiger charge is 2.34. The van der Waals surface area contributed by atoms with E-state index < -0.39 is 23.0 Å². The van der Waals surface area contributed by atoms with Crippen LogP contribution in [0, 0.1) is 0 Å². The molecule has 0 aliphatic carbocycles. The molecule has 2 aliphatic heterocycles. The van der Waals surface area contributed by atoms with Crippen LogP contribution >= 0.6 is 0 Å². The van der Waals surface area contributed by atoms with Gasteiger partial charge < -0.3 is 15.0 Å². The van der Waals surface area contributed by atoms with Crippen LogP contribution < -0.4 is 15.1 Å². The van der Waals surface area contributed by atoms with Crippen molar-refractivity contribution in [3.05, 3.63) is 18.2 Å². The zero-order valence-electron chi connectivity index (χ0n) is 13.3. The molecule has 128 valence electrons. The van der Waals surface area contributed by atoms with E-state index >= 15 is 0 Å². The third-order valence-electron chi connectivity index (χ3n) is 3.94. The van der Waals surface area contributed by atoms with Crippen LogP contribution in [-0.4, -0.2) is 54.1 Å². The molecule has 0 spiro atoms. The van der Waals surface area contributed by atoms with Gasteiger partial charge in [0, 0.05) is 19.7 Å². The topological polar surface area (TPSA) is 96.0 Å². The molecule has 1 aromatic carbocycles. The zero-order chi connectivity index (χ0) is 17.4. The number of cyclic esters (lactones) is 1. The van der Waals surface area contributed by atoms with Crippen LogP contribution in [0.5, 0.6) is 0 Å². The maximum absolute atomic E-state index is 12.2. The Balaban J connectivity index is 1.82. The standard InChI is InChI=1S/C15H17N3O5S/c1-9(19)16-6-11-7-18(15(21)23-11)10-3-4-12-13(5-10)24(22)8-14(20)17(12)2/h3-5,11H,6-8H2,1-2H3,(H,16,19). The highest BCUT2D eigenvalue weighted by atomic mass is 32.2. The van der Waals surface area contributed by atoms with Gasteiger partial charge in [-0.1, -0.05) is 0 Å². The zero-order valence-corrected chi connectivity index (χ0v) is 14.1. The molecule has 2 unspecified atom stereocenters. The Kier molecular flexibility index (Phi) is 4.27. The van der Waals surface area contributed by atoms with Crippen molar-refractivity contribution in [3.8, 4) is 0 Å². The van der Waals surface area contributed by atoms with Gasteiger partial charge in [0.2, 0.25) is 11.8 Å². The molecule has 24 heavy (non-hydrogen) atoms. The number of ether oxygens (including phenoxy) is 1. The van der Waals surface area contributed by atoms with E-state index in [4.69, 9.17) is 4.74 Å². The van der Waals surface area contributed by atoms with E-state index in [0.717, 1.165) is 0 Å². The molecule has 3 amide bonds. The fourth-order valence-corrected chi connectivity index (χ4v) is 3.91. The number of hydrogen-bond acceptors (Lipinski definition) is 5. The van der Waals surface area contributed by atoms with Gasteiger partial charge in [-0.15, -0.1) is 0 Å². The van der Waals surface area contributed by atoms with E-state index in [1.54, 1.807) is 25.2 Å². The lowest BCUT2D eigenvalue weighted by Crippen LogP contribution is -2.36. The first-order valence-electron chi connectivity index (χ1n) is 7.38. The van der Waals surface area contributed by atoms with Gasteiger partial charge in [-0.3, -0.25) is 18.7 Å². The highest BCUT2D eigenvalue weighted by Crippen LogP contribution is 2.33. The van der Waals surface area contributed by atoms with Gasteiger partial charge in [0.05, 0.1) is 34.5 Å². The van der Waals surface area contributed by atoms with E-state index in [1.807, 2.05) is 0 Å². The van der Waals surface area contributed by atoms with Crippen LogP contribution in [0.1, 0.15) is 6.92 Å². The molecular weight excluding hydrogens is 334 g/mol. The Bertz CT molecular complexity index is 751. The van der Waals surface area contributed by atoms with Crippen molar-refractivity contribution in [3.63, 3.8) is 0 Å². The second-order valence-electron chi connectivity index (χ2n) is 5.65. The molecule has 0 radical (unpaired) electrons. The summed E-state index contributed by atoms with van der Waals surface area (Å²) in [5.74, 6) is -0.464. The van der Waals surface area contributed by atoms with Gasteiger partial charge in [0.15, 0.2) is 0 Å². The molecule has 2 atom stereocenters. The third kappa shape index (κ3) is 2.99. The molecule has 0 saturated carbocycles. The third-order valence-corrected chi connectivity index (χ3v) is 5.27. The van der Waals surface area contributed by atoms with Gasteiger partial charge >= 0.3 is 6.09 Å². The minimum Gasteiger partial charge on any atom is -0.442 e. The van der Waals surface area contributed by atoms with Crippen LogP contribution in [0.15, 0.2) is 23.1 Å². The summed E-state index contributed by atoms with van der Waals surface area (Å²) in [7, 11) is 0.197. The summed E-state index contributed by atoms with van der Waals surface area (Å²) in [6.45, 7) is 1.93. The molecule has 0 bridgehead atoms. The fourth-order valence-electron chi connectivity index (χ4n) is 2.65. The molecule has 1 saturated heterocycles. The number of hydrogen-bond donors (Lipinski definition) is 1. The molecule has 2 heterocycles. The van der Waals surface area contributed by atoms with Crippen LogP contribution in [0.25, 0.3) is 0 Å². The van der Waals surface area contributed by atoms with Crippen molar-refractivity contribution in [2.24, 2.45) is 0 Å². The van der Waals surface area contributed by atoms with Crippen LogP contribution in [-0.2, 0) is 25.1 Å². The molecule has 2 aliphatic rings. The van der Waals surface area contributed by atoms with Gasteiger partial charge in [-0.2, -0.15) is 0 Å². The quantitative estimate of drug-likeness (QED) is 0.841. The summed E-state index contributed by atoms with van der Waals surface area (Å²) < 4.78 is 17.4. The Morgan fingerprint density at radius 2 is 2.17 bits per heavy atom. The van der Waals surface area contributed by atoms with Crippen LogP contribution in [0.2, 0.25) is 0 Å². The van der Waals surface area contributed by atoms with Gasteiger partial charge in [-0.25, -0.2) is 4.79 Å². The number of fused-ring (bicyclic) bond motifs is 1. The Morgan fingerprint density at radius 1 is 1.42 bits per heavy atom. The number of nitrogens with one attached hydrogen (secondary N) is 1. The van der Waals surface area contributed by atoms with Crippen molar-refractivity contribution in [2.45, 2.75) is 17.9 Å². The van der Waals surface area contributed by atoms with Gasteiger partial charge in [0.25, 0.3) is 0 Å². The summed E-state index contributed by atoms with van der Waals surface area (Å²) in [4.78, 5) is 38.2. The Morgan fingerprint density at radius 3 is 2.88 bits per heavy atom. The largest absolute Gasteiger partial charge is 0.442 e. The van der Waals surface area contributed by atoms with E-state index in [-0.39, 0.29) is 24.1 Å². The lowest BCUT2D eigenvalue weighted by atomic mass is 10.2. The molecule has 3 rings (SSSR count). The molecule has 0 aromatic heterocycles. The summed E-state index contributed by atoms with van der Waals surface area (Å²) in [5.41, 5.74) is 1.14. The predicted octanol–water partition coefficient (Wildman–Crippen LogP) is 0.232. The van der Waals surface area contributed by atoms with Crippen molar-refractivity contribution >= 4 is 40.1 Å². The first-order valence-corrected chi connectivity index (χ1v) is 8.70.